The third kappa shape index (κ3) is 4.45. The van der Waals surface area contributed by atoms with E-state index in [4.69, 9.17) is 4.74 Å². The van der Waals surface area contributed by atoms with Crippen molar-refractivity contribution in [2.75, 3.05) is 26.2 Å². The third-order valence-corrected chi connectivity index (χ3v) is 5.66. The van der Waals surface area contributed by atoms with E-state index in [1.807, 2.05) is 12.1 Å². The maximum atomic E-state index is 12.7. The van der Waals surface area contributed by atoms with Gasteiger partial charge in [-0.05, 0) is 68.1 Å². The van der Waals surface area contributed by atoms with Crippen molar-refractivity contribution < 1.29 is 9.53 Å². The van der Waals surface area contributed by atoms with E-state index in [9.17, 15) is 4.79 Å². The summed E-state index contributed by atoms with van der Waals surface area (Å²) in [5, 5.41) is 6.51. The number of piperidine rings is 1. The molecule has 2 heterocycles. The standard InChI is InChI=1S/C24H28N2O2/c1-17-2-4-19(5-3-17)20-6-7-23-22(14-20)15-21(10-13-28-23)24(27)26-16-18-8-11-25-12-9-18/h2-7,14-15,18,25H,8-13,16H2,1H3,(H,26,27). The highest BCUT2D eigenvalue weighted by Gasteiger charge is 2.18. The molecular formula is C24H28N2O2. The van der Waals surface area contributed by atoms with E-state index in [1.165, 1.54) is 11.1 Å². The minimum absolute atomic E-state index is 0.0377. The van der Waals surface area contributed by atoms with Crippen LogP contribution >= 0.6 is 0 Å². The Hall–Kier alpha value is -2.59. The van der Waals surface area contributed by atoms with Gasteiger partial charge in [0.05, 0.1) is 6.61 Å². The summed E-state index contributed by atoms with van der Waals surface area (Å²) in [4.78, 5) is 12.7. The molecule has 0 radical (unpaired) electrons. The Bertz CT molecular complexity index is 865. The van der Waals surface area contributed by atoms with Crippen molar-refractivity contribution in [3.8, 4) is 16.9 Å². The lowest BCUT2D eigenvalue weighted by atomic mass is 9.97. The van der Waals surface area contributed by atoms with Crippen molar-refractivity contribution in [3.05, 3.63) is 59.2 Å². The monoisotopic (exact) mass is 376 g/mol. The van der Waals surface area contributed by atoms with Crippen LogP contribution in [-0.4, -0.2) is 32.1 Å². The molecule has 0 bridgehead atoms. The topological polar surface area (TPSA) is 50.4 Å². The number of aryl methyl sites for hydroxylation is 1. The van der Waals surface area contributed by atoms with Crippen LogP contribution in [0.4, 0.5) is 0 Å². The zero-order valence-corrected chi connectivity index (χ0v) is 16.5. The summed E-state index contributed by atoms with van der Waals surface area (Å²) in [5.74, 6) is 1.46. The molecule has 0 aliphatic carbocycles. The van der Waals surface area contributed by atoms with Crippen LogP contribution in [0.2, 0.25) is 0 Å². The largest absolute Gasteiger partial charge is 0.493 e. The van der Waals surface area contributed by atoms with E-state index >= 15 is 0 Å². The van der Waals surface area contributed by atoms with E-state index in [-0.39, 0.29) is 5.91 Å². The number of carbonyl (C=O) groups excluding carboxylic acids is 1. The first-order valence-electron chi connectivity index (χ1n) is 10.2. The lowest BCUT2D eigenvalue weighted by Gasteiger charge is -2.22. The van der Waals surface area contributed by atoms with Crippen LogP contribution < -0.4 is 15.4 Å². The van der Waals surface area contributed by atoms with Crippen LogP contribution in [0.15, 0.2) is 48.0 Å². The van der Waals surface area contributed by atoms with Gasteiger partial charge in [0.25, 0.3) is 0 Å². The normalized spacial score (nSPS) is 17.1. The lowest BCUT2D eigenvalue weighted by molar-refractivity contribution is -0.117. The van der Waals surface area contributed by atoms with Crippen LogP contribution in [0.1, 0.15) is 30.4 Å². The van der Waals surface area contributed by atoms with Gasteiger partial charge >= 0.3 is 0 Å². The molecule has 0 aromatic heterocycles. The number of rotatable bonds is 4. The molecule has 0 atom stereocenters. The van der Waals surface area contributed by atoms with Crippen molar-refractivity contribution in [1.29, 1.82) is 0 Å². The zero-order valence-electron chi connectivity index (χ0n) is 16.5. The smallest absolute Gasteiger partial charge is 0.247 e. The first-order valence-corrected chi connectivity index (χ1v) is 10.2. The van der Waals surface area contributed by atoms with Gasteiger partial charge in [0.1, 0.15) is 5.75 Å². The van der Waals surface area contributed by atoms with Gasteiger partial charge < -0.3 is 15.4 Å². The predicted octanol–water partition coefficient (Wildman–Crippen LogP) is 3.94. The minimum atomic E-state index is 0.0377. The number of fused-ring (bicyclic) bond motifs is 1. The average Bonchev–Trinajstić information content (AvgIpc) is 2.95. The van der Waals surface area contributed by atoms with Gasteiger partial charge in [-0.2, -0.15) is 0 Å². The first-order chi connectivity index (χ1) is 13.7. The highest BCUT2D eigenvalue weighted by Crippen LogP contribution is 2.31. The number of nitrogens with one attached hydrogen (secondary N) is 2. The molecule has 4 heteroatoms. The molecular weight excluding hydrogens is 348 g/mol. The van der Waals surface area contributed by atoms with Gasteiger partial charge in [-0.25, -0.2) is 0 Å². The van der Waals surface area contributed by atoms with Gasteiger partial charge in [0, 0.05) is 24.1 Å². The fourth-order valence-corrected chi connectivity index (χ4v) is 3.86. The first kappa shape index (κ1) is 18.8. The fourth-order valence-electron chi connectivity index (χ4n) is 3.86. The summed E-state index contributed by atoms with van der Waals surface area (Å²) >= 11 is 0. The van der Waals surface area contributed by atoms with Crippen molar-refractivity contribution in [3.63, 3.8) is 0 Å². The molecule has 0 unspecified atom stereocenters. The molecule has 0 saturated carbocycles. The molecule has 2 aliphatic heterocycles. The lowest BCUT2D eigenvalue weighted by Crippen LogP contribution is -2.36. The highest BCUT2D eigenvalue weighted by atomic mass is 16.5. The van der Waals surface area contributed by atoms with E-state index in [0.29, 0.717) is 18.9 Å². The molecule has 4 rings (SSSR count). The summed E-state index contributed by atoms with van der Waals surface area (Å²) in [5.41, 5.74) is 5.32. The Morgan fingerprint density at radius 2 is 1.86 bits per heavy atom. The van der Waals surface area contributed by atoms with Gasteiger partial charge in [0.15, 0.2) is 0 Å². The zero-order chi connectivity index (χ0) is 19.3. The van der Waals surface area contributed by atoms with Gasteiger partial charge in [-0.1, -0.05) is 35.9 Å². The molecule has 0 spiro atoms. The second-order valence-electron chi connectivity index (χ2n) is 7.79. The quantitative estimate of drug-likeness (QED) is 0.850. The van der Waals surface area contributed by atoms with Crippen LogP contribution in [0, 0.1) is 12.8 Å². The number of ether oxygens (including phenoxy) is 1. The molecule has 28 heavy (non-hydrogen) atoms. The summed E-state index contributed by atoms with van der Waals surface area (Å²) < 4.78 is 5.89. The second-order valence-corrected chi connectivity index (χ2v) is 7.79. The SMILES string of the molecule is Cc1ccc(-c2ccc3c(c2)C=C(C(=O)NCC2CCNCC2)CCO3)cc1. The Balaban J connectivity index is 1.51. The Morgan fingerprint density at radius 3 is 2.64 bits per heavy atom. The Kier molecular flexibility index (Phi) is 5.77. The molecule has 2 aliphatic rings. The number of carbonyl (C=O) groups is 1. The molecule has 146 valence electrons. The maximum absolute atomic E-state index is 12.7. The fraction of sp³-hybridized carbons (Fsp3) is 0.375. The number of amides is 1. The van der Waals surface area contributed by atoms with Crippen molar-refractivity contribution in [1.82, 2.24) is 10.6 Å². The highest BCUT2D eigenvalue weighted by molar-refractivity contribution is 5.98. The number of hydrogen-bond acceptors (Lipinski definition) is 3. The van der Waals surface area contributed by atoms with Crippen molar-refractivity contribution >= 4 is 12.0 Å². The summed E-state index contributed by atoms with van der Waals surface area (Å²) in [7, 11) is 0. The molecule has 1 amide bonds. The van der Waals surface area contributed by atoms with Crippen LogP contribution in [0.25, 0.3) is 17.2 Å². The second kappa shape index (κ2) is 8.61. The number of benzene rings is 2. The van der Waals surface area contributed by atoms with E-state index < -0.39 is 0 Å². The molecule has 1 saturated heterocycles. The Labute approximate surface area is 167 Å². The van der Waals surface area contributed by atoms with E-state index in [0.717, 1.165) is 54.9 Å². The molecule has 4 nitrogen and oxygen atoms in total. The summed E-state index contributed by atoms with van der Waals surface area (Å²) in [6.45, 7) is 5.48. The van der Waals surface area contributed by atoms with E-state index in [2.05, 4.69) is 54.0 Å². The number of hydrogen-bond donors (Lipinski definition) is 2. The van der Waals surface area contributed by atoms with Crippen LogP contribution in [0.5, 0.6) is 5.75 Å². The van der Waals surface area contributed by atoms with Gasteiger partial charge in [-0.15, -0.1) is 0 Å². The van der Waals surface area contributed by atoms with Crippen LogP contribution in [0.3, 0.4) is 0 Å². The maximum Gasteiger partial charge on any atom is 0.247 e. The van der Waals surface area contributed by atoms with Gasteiger partial charge in [0.2, 0.25) is 5.91 Å². The molecule has 2 N–H and O–H groups in total. The summed E-state index contributed by atoms with van der Waals surface area (Å²) in [6, 6.07) is 14.7. The van der Waals surface area contributed by atoms with Crippen molar-refractivity contribution in [2.24, 2.45) is 5.92 Å². The Morgan fingerprint density at radius 1 is 1.11 bits per heavy atom. The molecule has 2 aromatic rings. The minimum Gasteiger partial charge on any atom is -0.493 e. The molecule has 2 aromatic carbocycles. The summed E-state index contributed by atoms with van der Waals surface area (Å²) in [6.07, 6.45) is 4.89. The van der Waals surface area contributed by atoms with E-state index in [1.54, 1.807) is 0 Å². The van der Waals surface area contributed by atoms with Gasteiger partial charge in [-0.3, -0.25) is 4.79 Å². The average molecular weight is 377 g/mol. The molecule has 1 fully saturated rings. The predicted molar refractivity (Wildman–Crippen MR) is 113 cm³/mol. The van der Waals surface area contributed by atoms with Crippen molar-refractivity contribution in [2.45, 2.75) is 26.2 Å². The van der Waals surface area contributed by atoms with Crippen LogP contribution in [-0.2, 0) is 4.79 Å². The third-order valence-electron chi connectivity index (χ3n) is 5.66.